The topological polar surface area (TPSA) is 86.8 Å². The summed E-state index contributed by atoms with van der Waals surface area (Å²) in [6.07, 6.45) is 1.08. The second kappa shape index (κ2) is 10.8. The molecule has 7 nitrogen and oxygen atoms in total. The van der Waals surface area contributed by atoms with Crippen LogP contribution in [0.1, 0.15) is 45.7 Å². The summed E-state index contributed by atoms with van der Waals surface area (Å²) in [6, 6.07) is 15.7. The largest absolute Gasteiger partial charge is 0.355 e. The van der Waals surface area contributed by atoms with Crippen LogP contribution in [0.2, 0.25) is 0 Å². The zero-order valence-corrected chi connectivity index (χ0v) is 21.1. The van der Waals surface area contributed by atoms with E-state index in [-0.39, 0.29) is 17.9 Å². The van der Waals surface area contributed by atoms with Gasteiger partial charge in [0.1, 0.15) is 12.6 Å². The first-order chi connectivity index (χ1) is 15.3. The number of sulfonamides is 1. The molecular formula is C25H35N3O4S. The highest BCUT2D eigenvalue weighted by molar-refractivity contribution is 7.92. The Balaban J connectivity index is 2.36. The van der Waals surface area contributed by atoms with Gasteiger partial charge in [0.25, 0.3) is 0 Å². The number of carbonyl (C=O) groups excluding carboxylic acids is 2. The van der Waals surface area contributed by atoms with E-state index in [9.17, 15) is 18.0 Å². The number of anilines is 1. The third-order valence-corrected chi connectivity index (χ3v) is 6.56. The first kappa shape index (κ1) is 26.4. The van der Waals surface area contributed by atoms with Gasteiger partial charge in [0.05, 0.1) is 11.9 Å². The number of nitrogens with zero attached hydrogens (tertiary/aromatic N) is 2. The van der Waals surface area contributed by atoms with E-state index < -0.39 is 28.5 Å². The number of benzene rings is 2. The molecule has 0 aliphatic rings. The third kappa shape index (κ3) is 7.32. The molecule has 0 aromatic heterocycles. The van der Waals surface area contributed by atoms with Gasteiger partial charge < -0.3 is 10.2 Å². The second-order valence-corrected chi connectivity index (χ2v) is 11.1. The molecule has 0 heterocycles. The third-order valence-electron chi connectivity index (χ3n) is 5.41. The fourth-order valence-corrected chi connectivity index (χ4v) is 4.28. The van der Waals surface area contributed by atoms with E-state index in [0.717, 1.165) is 21.7 Å². The summed E-state index contributed by atoms with van der Waals surface area (Å²) < 4.78 is 26.3. The monoisotopic (exact) mass is 473 g/mol. The molecule has 1 N–H and O–H groups in total. The van der Waals surface area contributed by atoms with E-state index in [1.54, 1.807) is 26.0 Å². The lowest BCUT2D eigenvalue weighted by Gasteiger charge is -2.31. The predicted octanol–water partition coefficient (Wildman–Crippen LogP) is 3.30. The van der Waals surface area contributed by atoms with Crippen molar-refractivity contribution in [1.29, 1.82) is 0 Å². The van der Waals surface area contributed by atoms with Crippen molar-refractivity contribution in [2.75, 3.05) is 23.7 Å². The van der Waals surface area contributed by atoms with Gasteiger partial charge in [0.15, 0.2) is 0 Å². The Morgan fingerprint density at radius 2 is 1.58 bits per heavy atom. The van der Waals surface area contributed by atoms with Gasteiger partial charge in [-0.25, -0.2) is 8.42 Å². The normalized spacial score (nSPS) is 12.7. The van der Waals surface area contributed by atoms with Crippen LogP contribution in [0.3, 0.4) is 0 Å². The van der Waals surface area contributed by atoms with E-state index in [1.807, 2.05) is 42.5 Å². The molecule has 2 aromatic carbocycles. The maximum Gasteiger partial charge on any atom is 0.244 e. The summed E-state index contributed by atoms with van der Waals surface area (Å²) >= 11 is 0. The first-order valence-electron chi connectivity index (χ1n) is 11.0. The smallest absolute Gasteiger partial charge is 0.244 e. The molecule has 0 aliphatic heterocycles. The fraction of sp³-hybridized carbons (Fsp3) is 0.440. The highest BCUT2D eigenvalue weighted by atomic mass is 32.2. The summed E-state index contributed by atoms with van der Waals surface area (Å²) in [4.78, 5) is 27.3. The number of hydrogen-bond acceptors (Lipinski definition) is 4. The van der Waals surface area contributed by atoms with Crippen LogP contribution in [-0.4, -0.2) is 50.5 Å². The molecule has 0 saturated carbocycles. The molecule has 1 atom stereocenters. The maximum absolute atomic E-state index is 13.4. The molecule has 180 valence electrons. The molecular weight excluding hydrogens is 438 g/mol. The van der Waals surface area contributed by atoms with Crippen LogP contribution >= 0.6 is 0 Å². The quantitative estimate of drug-likeness (QED) is 0.605. The van der Waals surface area contributed by atoms with E-state index in [2.05, 4.69) is 26.1 Å². The Labute approximate surface area is 197 Å². The number of nitrogens with one attached hydrogen (secondary N) is 1. The fourth-order valence-electron chi connectivity index (χ4n) is 3.43. The van der Waals surface area contributed by atoms with Gasteiger partial charge in [0, 0.05) is 13.1 Å². The molecule has 0 saturated heterocycles. The first-order valence-corrected chi connectivity index (χ1v) is 12.9. The Hall–Kier alpha value is -2.87. The van der Waals surface area contributed by atoms with Crippen LogP contribution in [0.4, 0.5) is 5.69 Å². The number of rotatable bonds is 9. The van der Waals surface area contributed by atoms with Crippen molar-refractivity contribution < 1.29 is 18.0 Å². The lowest BCUT2D eigenvalue weighted by molar-refractivity contribution is -0.139. The van der Waals surface area contributed by atoms with Crippen molar-refractivity contribution in [1.82, 2.24) is 10.2 Å². The molecule has 2 amide bonds. The Bertz CT molecular complexity index is 1050. The van der Waals surface area contributed by atoms with E-state index in [1.165, 1.54) is 4.90 Å². The van der Waals surface area contributed by atoms with Crippen molar-refractivity contribution in [2.24, 2.45) is 0 Å². The SMILES string of the molecule is CCNC(=O)[C@H](C)N(Cc1ccccc1)C(=O)CN(c1ccc(C(C)(C)C)cc1)S(C)(=O)=O. The van der Waals surface area contributed by atoms with Crippen molar-refractivity contribution >= 4 is 27.5 Å². The zero-order chi connectivity index (χ0) is 24.8. The van der Waals surface area contributed by atoms with Gasteiger partial charge in [-0.3, -0.25) is 13.9 Å². The summed E-state index contributed by atoms with van der Waals surface area (Å²) in [5.74, 6) is -0.745. The Kier molecular flexibility index (Phi) is 8.66. The van der Waals surface area contributed by atoms with E-state index >= 15 is 0 Å². The maximum atomic E-state index is 13.4. The lowest BCUT2D eigenvalue weighted by Crippen LogP contribution is -2.51. The molecule has 2 rings (SSSR count). The highest BCUT2D eigenvalue weighted by Crippen LogP contribution is 2.26. The van der Waals surface area contributed by atoms with Crippen LogP contribution in [0, 0.1) is 0 Å². The summed E-state index contributed by atoms with van der Waals surface area (Å²) in [6.45, 7) is 9.91. The van der Waals surface area contributed by atoms with Crippen molar-refractivity contribution in [3.8, 4) is 0 Å². The molecule has 33 heavy (non-hydrogen) atoms. The van der Waals surface area contributed by atoms with E-state index in [0.29, 0.717) is 12.2 Å². The molecule has 0 unspecified atom stereocenters. The minimum Gasteiger partial charge on any atom is -0.355 e. The van der Waals surface area contributed by atoms with Crippen LogP contribution in [-0.2, 0) is 31.6 Å². The lowest BCUT2D eigenvalue weighted by atomic mass is 9.87. The van der Waals surface area contributed by atoms with Gasteiger partial charge >= 0.3 is 0 Å². The number of amides is 2. The summed E-state index contributed by atoms with van der Waals surface area (Å²) in [7, 11) is -3.74. The second-order valence-electron chi connectivity index (χ2n) is 9.14. The average molecular weight is 474 g/mol. The van der Waals surface area contributed by atoms with Crippen molar-refractivity contribution in [2.45, 2.75) is 52.6 Å². The minimum atomic E-state index is -3.74. The molecule has 0 radical (unpaired) electrons. The van der Waals surface area contributed by atoms with Crippen LogP contribution < -0.4 is 9.62 Å². The number of hydrogen-bond donors (Lipinski definition) is 1. The van der Waals surface area contributed by atoms with Crippen molar-refractivity contribution in [3.05, 3.63) is 65.7 Å². The molecule has 8 heteroatoms. The molecule has 0 spiro atoms. The zero-order valence-electron chi connectivity index (χ0n) is 20.3. The van der Waals surface area contributed by atoms with Crippen molar-refractivity contribution in [3.63, 3.8) is 0 Å². The van der Waals surface area contributed by atoms with Gasteiger partial charge in [0.2, 0.25) is 21.8 Å². The van der Waals surface area contributed by atoms with Gasteiger partial charge in [-0.2, -0.15) is 0 Å². The standard InChI is InChI=1S/C25H35N3O4S/c1-7-26-24(30)19(2)27(17-20-11-9-8-10-12-20)23(29)18-28(33(6,31)32)22-15-13-21(14-16-22)25(3,4)5/h8-16,19H,7,17-18H2,1-6H3,(H,26,30)/t19-/m0/s1. The average Bonchev–Trinajstić information content (AvgIpc) is 2.74. The van der Waals surface area contributed by atoms with Crippen LogP contribution in [0.15, 0.2) is 54.6 Å². The van der Waals surface area contributed by atoms with Crippen LogP contribution in [0.5, 0.6) is 0 Å². The summed E-state index contributed by atoms with van der Waals surface area (Å²) in [5.41, 5.74) is 2.23. The highest BCUT2D eigenvalue weighted by Gasteiger charge is 2.30. The molecule has 2 aromatic rings. The van der Waals surface area contributed by atoms with E-state index in [4.69, 9.17) is 0 Å². The molecule has 0 fully saturated rings. The Morgan fingerprint density at radius 3 is 2.06 bits per heavy atom. The number of likely N-dealkylation sites (N-methyl/N-ethyl adjacent to an activating group) is 1. The van der Waals surface area contributed by atoms with Crippen LogP contribution in [0.25, 0.3) is 0 Å². The number of carbonyl (C=O) groups is 2. The van der Waals surface area contributed by atoms with Gasteiger partial charge in [-0.05, 0) is 42.5 Å². The Morgan fingerprint density at radius 1 is 1.00 bits per heavy atom. The van der Waals surface area contributed by atoms with Gasteiger partial charge in [-0.1, -0.05) is 63.2 Å². The predicted molar refractivity (Wildman–Crippen MR) is 132 cm³/mol. The molecule has 0 aliphatic carbocycles. The minimum absolute atomic E-state index is 0.0845. The van der Waals surface area contributed by atoms with Gasteiger partial charge in [-0.15, -0.1) is 0 Å². The molecule has 0 bridgehead atoms. The summed E-state index contributed by atoms with van der Waals surface area (Å²) in [5, 5.41) is 2.74.